The Morgan fingerprint density at radius 3 is 2.52 bits per heavy atom. The first-order valence-corrected chi connectivity index (χ1v) is 10.3. The summed E-state index contributed by atoms with van der Waals surface area (Å²) in [5.41, 5.74) is -4.06. The van der Waals surface area contributed by atoms with E-state index in [-0.39, 0.29) is 18.3 Å². The minimum absolute atomic E-state index is 0.00912. The van der Waals surface area contributed by atoms with Gasteiger partial charge in [0.05, 0.1) is 6.61 Å². The van der Waals surface area contributed by atoms with Crippen LogP contribution in [-0.4, -0.2) is 74.6 Å². The summed E-state index contributed by atoms with van der Waals surface area (Å²) in [7, 11) is 0. The van der Waals surface area contributed by atoms with Crippen LogP contribution in [0, 0.1) is 0 Å². The number of halogens is 4. The molecule has 2 heterocycles. The Bertz CT molecular complexity index is 823. The number of thioether (sulfide) groups is 1. The van der Waals surface area contributed by atoms with Crippen molar-refractivity contribution in [3.8, 4) is 0 Å². The number of ether oxygens (including phenoxy) is 2. The third-order valence-electron chi connectivity index (χ3n) is 5.17. The zero-order valence-electron chi connectivity index (χ0n) is 16.6. The smallest absolute Gasteiger partial charge is 0.419 e. The Kier molecular flexibility index (Phi) is 6.84. The molecule has 172 valence electrons. The van der Waals surface area contributed by atoms with E-state index >= 15 is 4.39 Å². The lowest BCUT2D eigenvalue weighted by Crippen LogP contribution is -2.65. The summed E-state index contributed by atoms with van der Waals surface area (Å²) in [4.78, 5) is 16.3. The molecule has 0 unspecified atom stereocenters. The van der Waals surface area contributed by atoms with Gasteiger partial charge in [0.2, 0.25) is 0 Å². The fraction of sp³-hybridized carbons (Fsp3) is 0.579. The molecule has 2 aliphatic heterocycles. The Balaban J connectivity index is 1.90. The summed E-state index contributed by atoms with van der Waals surface area (Å²) in [5.74, 6) is 0. The highest BCUT2D eigenvalue weighted by Crippen LogP contribution is 2.45. The van der Waals surface area contributed by atoms with Crippen molar-refractivity contribution in [3.63, 3.8) is 0 Å². The van der Waals surface area contributed by atoms with Gasteiger partial charge in [-0.25, -0.2) is 9.18 Å². The topological polar surface area (TPSA) is 91.6 Å². The summed E-state index contributed by atoms with van der Waals surface area (Å²) >= 11 is 0.705. The van der Waals surface area contributed by atoms with Gasteiger partial charge in [0, 0.05) is 6.54 Å². The number of rotatable bonds is 5. The van der Waals surface area contributed by atoms with Gasteiger partial charge in [-0.05, 0) is 19.4 Å². The van der Waals surface area contributed by atoms with E-state index in [0.717, 1.165) is 4.90 Å². The number of nitrogens with zero attached hydrogens (tertiary/aromatic N) is 2. The molecular formula is C19H22F4N2O5S. The summed E-state index contributed by atoms with van der Waals surface area (Å²) < 4.78 is 67.1. The Hall–Kier alpha value is -1.89. The van der Waals surface area contributed by atoms with Crippen molar-refractivity contribution in [2.24, 2.45) is 4.99 Å². The molecule has 0 aliphatic carbocycles. The molecule has 1 saturated heterocycles. The standard InChI is InChI=1S/C19H22F4N2O5S/c1-3-25(17(26)27)16-24-12-11(20)13(29-9-10-7-5-4-6-8-10)14(30-15(12)31-16)18(2,28)19(21,22)23/h4-8,11-15,28H,3,9H2,1-2H3,(H,26,27)/t11-,12-,13+,14+,15-,18-/m1/s1. The highest BCUT2D eigenvalue weighted by atomic mass is 32.2. The number of fused-ring (bicyclic) bond motifs is 1. The number of hydrogen-bond donors (Lipinski definition) is 2. The summed E-state index contributed by atoms with van der Waals surface area (Å²) in [5, 5.41) is 19.4. The van der Waals surface area contributed by atoms with Crippen LogP contribution in [0.15, 0.2) is 35.3 Å². The molecule has 0 aromatic heterocycles. The van der Waals surface area contributed by atoms with Gasteiger partial charge in [-0.3, -0.25) is 9.89 Å². The van der Waals surface area contributed by atoms with Crippen molar-refractivity contribution in [1.29, 1.82) is 0 Å². The van der Waals surface area contributed by atoms with Gasteiger partial charge in [-0.1, -0.05) is 42.1 Å². The molecule has 3 rings (SSSR count). The molecule has 7 nitrogen and oxygen atoms in total. The number of amidine groups is 1. The van der Waals surface area contributed by atoms with Crippen molar-refractivity contribution in [3.05, 3.63) is 35.9 Å². The van der Waals surface area contributed by atoms with E-state index in [1.165, 1.54) is 6.92 Å². The fourth-order valence-electron chi connectivity index (χ4n) is 3.35. The molecule has 12 heteroatoms. The van der Waals surface area contributed by atoms with Crippen molar-refractivity contribution >= 4 is 23.0 Å². The summed E-state index contributed by atoms with van der Waals surface area (Å²) in [6, 6.07) is 7.15. The molecule has 1 aromatic carbocycles. The highest BCUT2D eigenvalue weighted by molar-refractivity contribution is 8.14. The van der Waals surface area contributed by atoms with Crippen LogP contribution >= 0.6 is 11.8 Å². The lowest BCUT2D eigenvalue weighted by molar-refractivity contribution is -0.319. The van der Waals surface area contributed by atoms with E-state index in [4.69, 9.17) is 9.47 Å². The number of hydrogen-bond acceptors (Lipinski definition) is 6. The second-order valence-electron chi connectivity index (χ2n) is 7.32. The first kappa shape index (κ1) is 23.8. The summed E-state index contributed by atoms with van der Waals surface area (Å²) in [6.45, 7) is 1.84. The minimum atomic E-state index is -5.12. The molecule has 1 aromatic rings. The van der Waals surface area contributed by atoms with Crippen molar-refractivity contribution < 1.29 is 42.0 Å². The van der Waals surface area contributed by atoms with Gasteiger partial charge in [0.25, 0.3) is 0 Å². The minimum Gasteiger partial charge on any atom is -0.465 e. The summed E-state index contributed by atoms with van der Waals surface area (Å²) in [6.07, 6.45) is -12.4. The van der Waals surface area contributed by atoms with Gasteiger partial charge in [0.1, 0.15) is 23.7 Å². The van der Waals surface area contributed by atoms with E-state index in [9.17, 15) is 28.2 Å². The zero-order valence-corrected chi connectivity index (χ0v) is 17.4. The lowest BCUT2D eigenvalue weighted by atomic mass is 9.87. The number of aliphatic imine (C=N–C) groups is 1. The van der Waals surface area contributed by atoms with Crippen LogP contribution in [0.2, 0.25) is 0 Å². The highest BCUT2D eigenvalue weighted by Gasteiger charge is 2.64. The van der Waals surface area contributed by atoms with Crippen LogP contribution in [0.4, 0.5) is 22.4 Å². The molecule has 1 amide bonds. The molecule has 0 radical (unpaired) electrons. The maximum Gasteiger partial charge on any atom is 0.419 e. The Morgan fingerprint density at radius 2 is 1.97 bits per heavy atom. The first-order chi connectivity index (χ1) is 14.5. The fourth-order valence-corrected chi connectivity index (χ4v) is 4.60. The largest absolute Gasteiger partial charge is 0.465 e. The quantitative estimate of drug-likeness (QED) is 0.647. The van der Waals surface area contributed by atoms with Crippen LogP contribution in [0.5, 0.6) is 0 Å². The van der Waals surface area contributed by atoms with Crippen LogP contribution in [0.25, 0.3) is 0 Å². The second kappa shape index (κ2) is 8.93. The van der Waals surface area contributed by atoms with Crippen LogP contribution in [0.3, 0.4) is 0 Å². The predicted molar refractivity (Wildman–Crippen MR) is 104 cm³/mol. The molecule has 31 heavy (non-hydrogen) atoms. The molecule has 2 aliphatic rings. The molecule has 0 spiro atoms. The van der Waals surface area contributed by atoms with Crippen LogP contribution in [0.1, 0.15) is 19.4 Å². The first-order valence-electron chi connectivity index (χ1n) is 9.46. The predicted octanol–water partition coefficient (Wildman–Crippen LogP) is 3.42. The van der Waals surface area contributed by atoms with E-state index in [0.29, 0.717) is 24.2 Å². The number of benzene rings is 1. The van der Waals surface area contributed by atoms with Gasteiger partial charge in [-0.2, -0.15) is 13.2 Å². The lowest BCUT2D eigenvalue weighted by Gasteiger charge is -2.45. The van der Waals surface area contributed by atoms with Crippen LogP contribution < -0.4 is 0 Å². The van der Waals surface area contributed by atoms with Crippen LogP contribution in [-0.2, 0) is 16.1 Å². The van der Waals surface area contributed by atoms with Crippen molar-refractivity contribution in [2.75, 3.05) is 6.54 Å². The van der Waals surface area contributed by atoms with Crippen molar-refractivity contribution in [1.82, 2.24) is 4.90 Å². The van der Waals surface area contributed by atoms with Gasteiger partial charge in [0.15, 0.2) is 16.9 Å². The maximum atomic E-state index is 15.4. The van der Waals surface area contributed by atoms with Crippen molar-refractivity contribution in [2.45, 2.75) is 62.1 Å². The van der Waals surface area contributed by atoms with E-state index in [1.807, 2.05) is 0 Å². The normalized spacial score (nSPS) is 30.3. The zero-order chi connectivity index (χ0) is 23.0. The van der Waals surface area contributed by atoms with E-state index < -0.39 is 47.7 Å². The molecule has 6 atom stereocenters. The SMILES string of the molecule is CCN(C(=O)O)C1=N[C@@H]2[C@@H](F)[C@H](OCc3ccccc3)[C@@H]([C@@](C)(O)C(F)(F)F)O[C@@H]2S1. The van der Waals surface area contributed by atoms with Gasteiger partial charge >= 0.3 is 12.3 Å². The van der Waals surface area contributed by atoms with Gasteiger partial charge < -0.3 is 19.7 Å². The average molecular weight is 466 g/mol. The molecule has 0 saturated carbocycles. The number of aliphatic hydroxyl groups is 1. The maximum absolute atomic E-state index is 15.4. The number of alkyl halides is 4. The Morgan fingerprint density at radius 1 is 1.32 bits per heavy atom. The van der Waals surface area contributed by atoms with Gasteiger partial charge in [-0.15, -0.1) is 0 Å². The molecule has 0 bridgehead atoms. The number of carbonyl (C=O) groups is 1. The number of carboxylic acid groups (broad SMARTS) is 1. The monoisotopic (exact) mass is 466 g/mol. The Labute approximate surface area is 180 Å². The third-order valence-corrected chi connectivity index (χ3v) is 6.33. The van der Waals surface area contributed by atoms with E-state index in [2.05, 4.69) is 4.99 Å². The second-order valence-corrected chi connectivity index (χ2v) is 8.39. The average Bonchev–Trinajstić information content (AvgIpc) is 3.11. The van der Waals surface area contributed by atoms with E-state index in [1.54, 1.807) is 30.3 Å². The molecular weight excluding hydrogens is 444 g/mol. The molecule has 1 fully saturated rings. The third kappa shape index (κ3) is 4.66. The molecule has 2 N–H and O–H groups in total. The number of amides is 1.